The van der Waals surface area contributed by atoms with Crippen molar-refractivity contribution in [1.29, 1.82) is 0 Å². The van der Waals surface area contributed by atoms with E-state index in [0.29, 0.717) is 5.69 Å². The first-order chi connectivity index (χ1) is 8.47. The standard InChI is InChI=1S/C12H15N3O3/c1-12(6-7-12)14-11(16)8-4-3-5-9(13-2)10(8)15(17)18/h3-5,13H,6-7H2,1-2H3,(H,14,16). The molecule has 0 radical (unpaired) electrons. The van der Waals surface area contributed by atoms with Crippen LogP contribution in [0.5, 0.6) is 0 Å². The fourth-order valence-corrected chi connectivity index (χ4v) is 1.78. The highest BCUT2D eigenvalue weighted by Gasteiger charge is 2.40. The van der Waals surface area contributed by atoms with E-state index < -0.39 is 4.92 Å². The molecule has 1 aromatic rings. The molecular formula is C12H15N3O3. The number of nitro groups is 1. The summed E-state index contributed by atoms with van der Waals surface area (Å²) < 4.78 is 0. The molecule has 0 saturated heterocycles. The zero-order valence-electron chi connectivity index (χ0n) is 10.3. The molecule has 6 heteroatoms. The zero-order valence-corrected chi connectivity index (χ0v) is 10.3. The number of nitrogens with one attached hydrogen (secondary N) is 2. The second-order valence-electron chi connectivity index (χ2n) is 4.72. The van der Waals surface area contributed by atoms with E-state index in [4.69, 9.17) is 0 Å². The molecule has 1 aliphatic carbocycles. The maximum Gasteiger partial charge on any atom is 0.305 e. The van der Waals surface area contributed by atoms with E-state index in [0.717, 1.165) is 12.8 Å². The second-order valence-corrected chi connectivity index (χ2v) is 4.72. The molecule has 1 aliphatic rings. The molecule has 1 aromatic carbocycles. The van der Waals surface area contributed by atoms with Gasteiger partial charge in [0.25, 0.3) is 5.91 Å². The van der Waals surface area contributed by atoms with Gasteiger partial charge in [0, 0.05) is 12.6 Å². The number of carbonyl (C=O) groups excluding carboxylic acids is 1. The predicted octanol–water partition coefficient (Wildman–Crippen LogP) is 1.92. The number of hydrogen-bond acceptors (Lipinski definition) is 4. The highest BCUT2D eigenvalue weighted by atomic mass is 16.6. The maximum absolute atomic E-state index is 12.1. The maximum atomic E-state index is 12.1. The molecule has 0 aliphatic heterocycles. The molecule has 2 N–H and O–H groups in total. The predicted molar refractivity (Wildman–Crippen MR) is 67.7 cm³/mol. The van der Waals surface area contributed by atoms with Crippen molar-refractivity contribution in [3.8, 4) is 0 Å². The van der Waals surface area contributed by atoms with E-state index in [1.807, 2.05) is 6.92 Å². The van der Waals surface area contributed by atoms with E-state index in [1.54, 1.807) is 19.2 Å². The van der Waals surface area contributed by atoms with Crippen LogP contribution in [0.25, 0.3) is 0 Å². The van der Waals surface area contributed by atoms with E-state index in [1.165, 1.54) is 6.07 Å². The summed E-state index contributed by atoms with van der Waals surface area (Å²) in [5, 5.41) is 16.6. The molecule has 2 rings (SSSR count). The van der Waals surface area contributed by atoms with Crippen molar-refractivity contribution in [3.63, 3.8) is 0 Å². The first-order valence-electron chi connectivity index (χ1n) is 5.74. The van der Waals surface area contributed by atoms with Crippen molar-refractivity contribution in [2.75, 3.05) is 12.4 Å². The van der Waals surface area contributed by atoms with Crippen LogP contribution < -0.4 is 10.6 Å². The molecule has 6 nitrogen and oxygen atoms in total. The Hall–Kier alpha value is -2.11. The highest BCUT2D eigenvalue weighted by Crippen LogP contribution is 2.35. The van der Waals surface area contributed by atoms with E-state index in [9.17, 15) is 14.9 Å². The molecule has 0 bridgehead atoms. The number of rotatable bonds is 4. The minimum absolute atomic E-state index is 0.0972. The van der Waals surface area contributed by atoms with Crippen LogP contribution in [0.1, 0.15) is 30.1 Å². The third kappa shape index (κ3) is 2.27. The van der Waals surface area contributed by atoms with Crippen molar-refractivity contribution in [2.45, 2.75) is 25.3 Å². The van der Waals surface area contributed by atoms with Gasteiger partial charge in [-0.2, -0.15) is 0 Å². The molecule has 18 heavy (non-hydrogen) atoms. The number of nitro benzene ring substituents is 1. The van der Waals surface area contributed by atoms with Gasteiger partial charge in [-0.15, -0.1) is 0 Å². The Morgan fingerprint density at radius 2 is 2.11 bits per heavy atom. The van der Waals surface area contributed by atoms with Crippen molar-refractivity contribution < 1.29 is 9.72 Å². The van der Waals surface area contributed by atoms with Crippen molar-refractivity contribution in [2.24, 2.45) is 0 Å². The fourth-order valence-electron chi connectivity index (χ4n) is 1.78. The Kier molecular flexibility index (Phi) is 2.94. The van der Waals surface area contributed by atoms with Crippen LogP contribution in [-0.4, -0.2) is 23.4 Å². The first kappa shape index (κ1) is 12.3. The van der Waals surface area contributed by atoms with Gasteiger partial charge in [0.1, 0.15) is 11.3 Å². The number of para-hydroxylation sites is 1. The normalized spacial score (nSPS) is 15.9. The van der Waals surface area contributed by atoms with Gasteiger partial charge in [-0.05, 0) is 31.9 Å². The van der Waals surface area contributed by atoms with Crippen LogP contribution in [0.4, 0.5) is 11.4 Å². The zero-order chi connectivity index (χ0) is 13.3. The number of benzene rings is 1. The summed E-state index contributed by atoms with van der Waals surface area (Å²) in [5.74, 6) is -0.390. The molecular weight excluding hydrogens is 234 g/mol. The molecule has 0 spiro atoms. The summed E-state index contributed by atoms with van der Waals surface area (Å²) in [6.45, 7) is 1.93. The van der Waals surface area contributed by atoms with Gasteiger partial charge in [0.2, 0.25) is 0 Å². The van der Waals surface area contributed by atoms with Crippen LogP contribution in [0.3, 0.4) is 0 Å². The molecule has 96 valence electrons. The first-order valence-corrected chi connectivity index (χ1v) is 5.74. The molecule has 0 heterocycles. The Balaban J connectivity index is 2.37. The van der Waals surface area contributed by atoms with Crippen molar-refractivity contribution in [1.82, 2.24) is 5.32 Å². The van der Waals surface area contributed by atoms with Gasteiger partial charge in [0.05, 0.1) is 4.92 Å². The summed E-state index contributed by atoms with van der Waals surface area (Å²) in [4.78, 5) is 22.6. The van der Waals surface area contributed by atoms with E-state index >= 15 is 0 Å². The highest BCUT2D eigenvalue weighted by molar-refractivity contribution is 6.01. The number of amides is 1. The number of hydrogen-bond donors (Lipinski definition) is 2. The van der Waals surface area contributed by atoms with Gasteiger partial charge in [0.15, 0.2) is 0 Å². The average Bonchev–Trinajstić information content (AvgIpc) is 3.05. The third-order valence-corrected chi connectivity index (χ3v) is 3.15. The van der Waals surface area contributed by atoms with Crippen LogP contribution in [-0.2, 0) is 0 Å². The number of carbonyl (C=O) groups is 1. The third-order valence-electron chi connectivity index (χ3n) is 3.15. The van der Waals surface area contributed by atoms with Gasteiger partial charge in [-0.25, -0.2) is 0 Å². The van der Waals surface area contributed by atoms with Gasteiger partial charge in [-0.3, -0.25) is 14.9 Å². The van der Waals surface area contributed by atoms with Crippen LogP contribution >= 0.6 is 0 Å². The Morgan fingerprint density at radius 3 is 2.61 bits per heavy atom. The second kappa shape index (κ2) is 4.29. The van der Waals surface area contributed by atoms with Crippen LogP contribution in [0.15, 0.2) is 18.2 Å². The van der Waals surface area contributed by atoms with Gasteiger partial charge < -0.3 is 10.6 Å². The largest absolute Gasteiger partial charge is 0.383 e. The van der Waals surface area contributed by atoms with E-state index in [2.05, 4.69) is 10.6 Å². The molecule has 1 amide bonds. The minimum Gasteiger partial charge on any atom is -0.383 e. The Bertz CT molecular complexity index is 509. The van der Waals surface area contributed by atoms with Gasteiger partial charge >= 0.3 is 5.69 Å². The van der Waals surface area contributed by atoms with E-state index in [-0.39, 0.29) is 22.7 Å². The monoisotopic (exact) mass is 249 g/mol. The SMILES string of the molecule is CNc1cccc(C(=O)NC2(C)CC2)c1[N+](=O)[O-]. The molecule has 0 aromatic heterocycles. The summed E-state index contributed by atoms with van der Waals surface area (Å²) in [5.41, 5.74) is 0.0657. The molecule has 1 saturated carbocycles. The van der Waals surface area contributed by atoms with Crippen LogP contribution in [0, 0.1) is 10.1 Å². The lowest BCUT2D eigenvalue weighted by molar-refractivity contribution is -0.384. The summed E-state index contributed by atoms with van der Waals surface area (Å²) in [7, 11) is 1.59. The molecule has 0 unspecified atom stereocenters. The lowest BCUT2D eigenvalue weighted by atomic mass is 10.1. The summed E-state index contributed by atoms with van der Waals surface area (Å²) in [6.07, 6.45) is 1.83. The quantitative estimate of drug-likeness (QED) is 0.630. The molecule has 0 atom stereocenters. The molecule has 1 fully saturated rings. The van der Waals surface area contributed by atoms with Crippen LogP contribution in [0.2, 0.25) is 0 Å². The topological polar surface area (TPSA) is 84.3 Å². The summed E-state index contributed by atoms with van der Waals surface area (Å²) in [6, 6.07) is 4.68. The van der Waals surface area contributed by atoms with Crippen molar-refractivity contribution in [3.05, 3.63) is 33.9 Å². The smallest absolute Gasteiger partial charge is 0.305 e. The average molecular weight is 249 g/mol. The van der Waals surface area contributed by atoms with Gasteiger partial charge in [-0.1, -0.05) is 6.07 Å². The number of anilines is 1. The number of nitrogens with zero attached hydrogens (tertiary/aromatic N) is 1. The fraction of sp³-hybridized carbons (Fsp3) is 0.417. The minimum atomic E-state index is -0.532. The van der Waals surface area contributed by atoms with Crippen molar-refractivity contribution >= 4 is 17.3 Å². The summed E-state index contributed by atoms with van der Waals surface area (Å²) >= 11 is 0. The lowest BCUT2D eigenvalue weighted by Crippen LogP contribution is -2.34. The Morgan fingerprint density at radius 1 is 1.44 bits per heavy atom. The lowest BCUT2D eigenvalue weighted by Gasteiger charge is -2.12. The Labute approximate surface area is 105 Å².